The Labute approximate surface area is 257 Å². The van der Waals surface area contributed by atoms with Gasteiger partial charge in [0.2, 0.25) is 0 Å². The lowest BCUT2D eigenvalue weighted by Crippen LogP contribution is -2.28. The third-order valence-electron chi connectivity index (χ3n) is 6.24. The van der Waals surface area contributed by atoms with Gasteiger partial charge in [-0.25, -0.2) is 4.39 Å². The fourth-order valence-electron chi connectivity index (χ4n) is 4.24. The van der Waals surface area contributed by atoms with Crippen LogP contribution < -0.4 is 9.47 Å². The zero-order chi connectivity index (χ0) is 28.6. The van der Waals surface area contributed by atoms with E-state index in [1.54, 1.807) is 17.0 Å². The molecule has 4 aromatic carbocycles. The van der Waals surface area contributed by atoms with Gasteiger partial charge >= 0.3 is 0 Å². The van der Waals surface area contributed by atoms with E-state index >= 15 is 0 Å². The fourth-order valence-corrected chi connectivity index (χ4v) is 5.99. The van der Waals surface area contributed by atoms with Crippen molar-refractivity contribution in [2.24, 2.45) is 4.99 Å². The highest BCUT2D eigenvalue weighted by molar-refractivity contribution is 14.1. The van der Waals surface area contributed by atoms with Crippen LogP contribution in [-0.2, 0) is 24.5 Å². The van der Waals surface area contributed by atoms with Crippen LogP contribution >= 0.6 is 34.4 Å². The van der Waals surface area contributed by atoms with E-state index in [4.69, 9.17) is 14.5 Å². The van der Waals surface area contributed by atoms with Crippen LogP contribution in [0.3, 0.4) is 0 Å². The first kappa shape index (κ1) is 28.9. The van der Waals surface area contributed by atoms with Crippen LogP contribution in [0.5, 0.6) is 11.5 Å². The standard InChI is InChI=1S/C33H28FIN2O3S/c1-2-39-29-18-26(17-28(35)31(29)40-22-25-13-15-27(34)16-14-25)19-30-32(38)37(21-24-11-7-4-8-12-24)33(41-30)36-20-23-9-5-3-6-10-23/h3-19H,2,20-22H2,1H3/b30-19+,36-33?. The highest BCUT2D eigenvalue weighted by atomic mass is 127. The molecule has 1 saturated heterocycles. The van der Waals surface area contributed by atoms with E-state index in [0.29, 0.717) is 41.3 Å². The first-order chi connectivity index (χ1) is 20.0. The Morgan fingerprint density at radius 2 is 1.59 bits per heavy atom. The smallest absolute Gasteiger partial charge is 0.267 e. The summed E-state index contributed by atoms with van der Waals surface area (Å²) in [4.78, 5) is 20.8. The SMILES string of the molecule is CCOc1cc(/C=C2/SC(=NCc3ccccc3)N(Cc3ccccc3)C2=O)cc(I)c1OCc1ccc(F)cc1. The second kappa shape index (κ2) is 13.8. The molecule has 0 saturated carbocycles. The second-order valence-corrected chi connectivity index (χ2v) is 11.4. The minimum absolute atomic E-state index is 0.0877. The number of ether oxygens (including phenoxy) is 2. The van der Waals surface area contributed by atoms with E-state index in [9.17, 15) is 9.18 Å². The van der Waals surface area contributed by atoms with Gasteiger partial charge in [-0.2, -0.15) is 0 Å². The molecule has 1 aliphatic heterocycles. The number of halogens is 2. The third-order valence-corrected chi connectivity index (χ3v) is 8.08. The van der Waals surface area contributed by atoms with Crippen molar-refractivity contribution < 1.29 is 18.7 Å². The lowest BCUT2D eigenvalue weighted by atomic mass is 10.1. The molecular weight excluding hydrogens is 650 g/mol. The summed E-state index contributed by atoms with van der Waals surface area (Å²) in [5.74, 6) is 0.823. The van der Waals surface area contributed by atoms with Gasteiger partial charge in [-0.3, -0.25) is 14.7 Å². The number of carbonyl (C=O) groups excluding carboxylic acids is 1. The molecule has 4 aromatic rings. The second-order valence-electron chi connectivity index (χ2n) is 9.25. The van der Waals surface area contributed by atoms with Gasteiger partial charge in [0.25, 0.3) is 5.91 Å². The summed E-state index contributed by atoms with van der Waals surface area (Å²) in [5.41, 5.74) is 3.79. The highest BCUT2D eigenvalue weighted by Crippen LogP contribution is 2.38. The first-order valence-corrected chi connectivity index (χ1v) is 15.1. The minimum Gasteiger partial charge on any atom is -0.490 e. The number of rotatable bonds is 10. The van der Waals surface area contributed by atoms with Gasteiger partial charge in [-0.1, -0.05) is 72.8 Å². The normalized spacial score (nSPS) is 15.1. The van der Waals surface area contributed by atoms with E-state index in [0.717, 1.165) is 25.8 Å². The first-order valence-electron chi connectivity index (χ1n) is 13.2. The molecule has 1 fully saturated rings. The predicted octanol–water partition coefficient (Wildman–Crippen LogP) is 8.08. The maximum atomic E-state index is 13.7. The van der Waals surface area contributed by atoms with Gasteiger partial charge in [-0.15, -0.1) is 0 Å². The molecule has 41 heavy (non-hydrogen) atoms. The molecule has 0 N–H and O–H groups in total. The topological polar surface area (TPSA) is 51.1 Å². The van der Waals surface area contributed by atoms with Gasteiger partial charge in [-0.05, 0) is 93.9 Å². The molecule has 0 radical (unpaired) electrons. The number of nitrogens with zero attached hydrogens (tertiary/aromatic N) is 2. The number of carbonyl (C=O) groups is 1. The Balaban J connectivity index is 1.42. The van der Waals surface area contributed by atoms with Gasteiger partial charge in [0.1, 0.15) is 12.4 Å². The number of aliphatic imine (C=N–C) groups is 1. The van der Waals surface area contributed by atoms with E-state index in [2.05, 4.69) is 22.6 Å². The van der Waals surface area contributed by atoms with Crippen LogP contribution in [0, 0.1) is 9.39 Å². The average Bonchev–Trinajstić information content (AvgIpc) is 3.27. The quantitative estimate of drug-likeness (QED) is 0.126. The molecule has 0 atom stereocenters. The number of amides is 1. The molecular formula is C33H28FIN2O3S. The van der Waals surface area contributed by atoms with Crippen LogP contribution in [0.2, 0.25) is 0 Å². The van der Waals surface area contributed by atoms with Gasteiger partial charge in [0.15, 0.2) is 16.7 Å². The Morgan fingerprint density at radius 1 is 0.902 bits per heavy atom. The zero-order valence-corrected chi connectivity index (χ0v) is 25.4. The summed E-state index contributed by atoms with van der Waals surface area (Å²) in [6, 6.07) is 30.0. The maximum absolute atomic E-state index is 13.7. The van der Waals surface area contributed by atoms with E-state index in [-0.39, 0.29) is 18.3 Å². The van der Waals surface area contributed by atoms with Crippen LogP contribution in [0.1, 0.15) is 29.2 Å². The Bertz CT molecular complexity index is 1560. The summed E-state index contributed by atoms with van der Waals surface area (Å²) >= 11 is 3.59. The molecule has 1 heterocycles. The Hall–Kier alpha value is -3.63. The van der Waals surface area contributed by atoms with Crippen LogP contribution in [-0.4, -0.2) is 22.6 Å². The molecule has 0 aromatic heterocycles. The number of hydrogen-bond acceptors (Lipinski definition) is 5. The van der Waals surface area contributed by atoms with Crippen LogP contribution in [0.15, 0.2) is 107 Å². The van der Waals surface area contributed by atoms with Crippen molar-refractivity contribution >= 4 is 51.5 Å². The molecule has 0 aliphatic carbocycles. The molecule has 5 rings (SSSR count). The summed E-state index contributed by atoms with van der Waals surface area (Å²) < 4.78 is 26.2. The monoisotopic (exact) mass is 678 g/mol. The van der Waals surface area contributed by atoms with Crippen molar-refractivity contribution in [2.75, 3.05) is 6.61 Å². The van der Waals surface area contributed by atoms with Crippen molar-refractivity contribution in [2.45, 2.75) is 26.6 Å². The summed E-state index contributed by atoms with van der Waals surface area (Å²) in [7, 11) is 0. The van der Waals surface area contributed by atoms with Crippen molar-refractivity contribution in [3.8, 4) is 11.5 Å². The van der Waals surface area contributed by atoms with E-state index in [1.165, 1.54) is 23.9 Å². The summed E-state index contributed by atoms with van der Waals surface area (Å²) in [6.07, 6.45) is 1.88. The average molecular weight is 679 g/mol. The molecule has 5 nitrogen and oxygen atoms in total. The summed E-state index contributed by atoms with van der Waals surface area (Å²) in [6.45, 7) is 3.57. The molecule has 8 heteroatoms. The third kappa shape index (κ3) is 7.56. The number of benzene rings is 4. The van der Waals surface area contributed by atoms with Gasteiger partial charge < -0.3 is 9.47 Å². The Morgan fingerprint density at radius 3 is 2.27 bits per heavy atom. The number of hydrogen-bond donors (Lipinski definition) is 0. The zero-order valence-electron chi connectivity index (χ0n) is 22.4. The number of amidine groups is 1. The molecule has 1 amide bonds. The predicted molar refractivity (Wildman–Crippen MR) is 171 cm³/mol. The molecule has 0 bridgehead atoms. The van der Waals surface area contributed by atoms with Crippen LogP contribution in [0.4, 0.5) is 4.39 Å². The maximum Gasteiger partial charge on any atom is 0.267 e. The van der Waals surface area contributed by atoms with Gasteiger partial charge in [0, 0.05) is 0 Å². The molecule has 1 aliphatic rings. The van der Waals surface area contributed by atoms with E-state index in [1.807, 2.05) is 85.8 Å². The van der Waals surface area contributed by atoms with Crippen molar-refractivity contribution in [3.63, 3.8) is 0 Å². The highest BCUT2D eigenvalue weighted by Gasteiger charge is 2.33. The Kier molecular flexibility index (Phi) is 9.74. The van der Waals surface area contributed by atoms with E-state index < -0.39 is 0 Å². The van der Waals surface area contributed by atoms with Crippen LogP contribution in [0.25, 0.3) is 6.08 Å². The minimum atomic E-state index is -0.286. The lowest BCUT2D eigenvalue weighted by Gasteiger charge is -2.16. The molecule has 0 spiro atoms. The van der Waals surface area contributed by atoms with Gasteiger partial charge in [0.05, 0.1) is 28.2 Å². The van der Waals surface area contributed by atoms with Crippen molar-refractivity contribution in [1.29, 1.82) is 0 Å². The molecule has 0 unspecified atom stereocenters. The fraction of sp³-hybridized carbons (Fsp3) is 0.152. The van der Waals surface area contributed by atoms with Crippen molar-refractivity contribution in [1.82, 2.24) is 4.90 Å². The molecule has 208 valence electrons. The van der Waals surface area contributed by atoms with Crippen molar-refractivity contribution in [3.05, 3.63) is 134 Å². The number of thioether (sulfide) groups is 1. The summed E-state index contributed by atoms with van der Waals surface area (Å²) in [5, 5.41) is 0.674. The largest absolute Gasteiger partial charge is 0.490 e. The lowest BCUT2D eigenvalue weighted by molar-refractivity contribution is -0.122.